The number of nitrogens with zero attached hydrogens (tertiary/aromatic N) is 1. The first-order valence-electron chi connectivity index (χ1n) is 8.10. The molecule has 2 N–H and O–H groups in total. The molecule has 2 aromatic rings. The molecule has 0 saturated carbocycles. The number of benzene rings is 2. The molecule has 0 atom stereocenters. The van der Waals surface area contributed by atoms with E-state index in [0.717, 1.165) is 23.5 Å². The monoisotopic (exact) mass is 329 g/mol. The van der Waals surface area contributed by atoms with Crippen molar-refractivity contribution in [2.45, 2.75) is 13.8 Å². The van der Waals surface area contributed by atoms with Crippen LogP contribution in [0.3, 0.4) is 0 Å². The van der Waals surface area contributed by atoms with E-state index in [4.69, 9.17) is 0 Å². The number of nitrogens with one attached hydrogen (secondary N) is 2. The van der Waals surface area contributed by atoms with Crippen molar-refractivity contribution in [3.63, 3.8) is 0 Å². The molecule has 0 aliphatic heterocycles. The van der Waals surface area contributed by atoms with Crippen molar-refractivity contribution in [3.8, 4) is 0 Å². The first-order valence-corrected chi connectivity index (χ1v) is 8.10. The standard InChI is InChI=1S/C19H24FN3O/c1-4-23(3)18-12-14(2)11-15(13-18)19(24)22-10-9-21-17-7-5-16(20)6-8-17/h5-8,11-13,21H,4,9-10H2,1-3H3,(H,22,24). The van der Waals surface area contributed by atoms with Crippen LogP contribution in [0.25, 0.3) is 0 Å². The molecule has 128 valence electrons. The highest BCUT2D eigenvalue weighted by molar-refractivity contribution is 5.95. The summed E-state index contributed by atoms with van der Waals surface area (Å²) in [4.78, 5) is 14.4. The fourth-order valence-electron chi connectivity index (χ4n) is 2.35. The van der Waals surface area contributed by atoms with Crippen LogP contribution in [0.15, 0.2) is 42.5 Å². The molecule has 0 aliphatic rings. The molecule has 0 unspecified atom stereocenters. The predicted octanol–water partition coefficient (Wildman–Crippen LogP) is 3.43. The Kier molecular flexibility index (Phi) is 6.18. The number of hydrogen-bond donors (Lipinski definition) is 2. The Hall–Kier alpha value is -2.56. The summed E-state index contributed by atoms with van der Waals surface area (Å²) in [7, 11) is 2.00. The molecule has 0 bridgehead atoms. The summed E-state index contributed by atoms with van der Waals surface area (Å²) in [6.07, 6.45) is 0. The zero-order valence-corrected chi connectivity index (χ0v) is 14.4. The van der Waals surface area contributed by atoms with Gasteiger partial charge in [-0.15, -0.1) is 0 Å². The maximum Gasteiger partial charge on any atom is 0.251 e. The number of carbonyl (C=O) groups excluding carboxylic acids is 1. The van der Waals surface area contributed by atoms with Crippen LogP contribution in [0.1, 0.15) is 22.8 Å². The van der Waals surface area contributed by atoms with Crippen molar-refractivity contribution in [2.24, 2.45) is 0 Å². The van der Waals surface area contributed by atoms with Gasteiger partial charge in [-0.05, 0) is 61.9 Å². The molecule has 2 aromatic carbocycles. The van der Waals surface area contributed by atoms with Crippen molar-refractivity contribution in [1.29, 1.82) is 0 Å². The lowest BCUT2D eigenvalue weighted by Crippen LogP contribution is -2.29. The molecule has 0 radical (unpaired) electrons. The molecule has 0 heterocycles. The van der Waals surface area contributed by atoms with E-state index in [9.17, 15) is 9.18 Å². The lowest BCUT2D eigenvalue weighted by atomic mass is 10.1. The quantitative estimate of drug-likeness (QED) is 0.765. The number of halogens is 1. The van der Waals surface area contributed by atoms with Crippen LogP contribution in [-0.4, -0.2) is 32.6 Å². The van der Waals surface area contributed by atoms with E-state index < -0.39 is 0 Å². The molecule has 0 spiro atoms. The maximum absolute atomic E-state index is 12.8. The van der Waals surface area contributed by atoms with Crippen LogP contribution in [0.2, 0.25) is 0 Å². The molecular formula is C19H24FN3O. The van der Waals surface area contributed by atoms with Gasteiger partial charge in [0.05, 0.1) is 0 Å². The number of amides is 1. The minimum absolute atomic E-state index is 0.0923. The van der Waals surface area contributed by atoms with E-state index in [1.165, 1.54) is 12.1 Å². The van der Waals surface area contributed by atoms with Crippen molar-refractivity contribution >= 4 is 17.3 Å². The minimum Gasteiger partial charge on any atom is -0.383 e. The van der Waals surface area contributed by atoms with Crippen LogP contribution in [0.4, 0.5) is 15.8 Å². The molecule has 0 fully saturated rings. The maximum atomic E-state index is 12.8. The third kappa shape index (κ3) is 4.98. The van der Waals surface area contributed by atoms with Gasteiger partial charge in [0.25, 0.3) is 5.91 Å². The van der Waals surface area contributed by atoms with E-state index >= 15 is 0 Å². The minimum atomic E-state index is -0.263. The van der Waals surface area contributed by atoms with Gasteiger partial charge < -0.3 is 15.5 Å². The average molecular weight is 329 g/mol. The second-order valence-electron chi connectivity index (χ2n) is 5.76. The van der Waals surface area contributed by atoms with Gasteiger partial charge >= 0.3 is 0 Å². The first kappa shape index (κ1) is 17.8. The van der Waals surface area contributed by atoms with Crippen molar-refractivity contribution in [1.82, 2.24) is 5.32 Å². The number of anilines is 2. The lowest BCUT2D eigenvalue weighted by Gasteiger charge is -2.18. The highest BCUT2D eigenvalue weighted by atomic mass is 19.1. The van der Waals surface area contributed by atoms with Crippen molar-refractivity contribution in [3.05, 3.63) is 59.4 Å². The Morgan fingerprint density at radius 2 is 1.83 bits per heavy atom. The predicted molar refractivity (Wildman–Crippen MR) is 97.3 cm³/mol. The molecule has 4 nitrogen and oxygen atoms in total. The van der Waals surface area contributed by atoms with E-state index in [2.05, 4.69) is 28.5 Å². The SMILES string of the molecule is CCN(C)c1cc(C)cc(C(=O)NCCNc2ccc(F)cc2)c1. The second-order valence-corrected chi connectivity index (χ2v) is 5.76. The third-order valence-electron chi connectivity index (χ3n) is 3.82. The van der Waals surface area contributed by atoms with E-state index in [-0.39, 0.29) is 11.7 Å². The fraction of sp³-hybridized carbons (Fsp3) is 0.316. The Balaban J connectivity index is 1.88. The summed E-state index contributed by atoms with van der Waals surface area (Å²) >= 11 is 0. The van der Waals surface area contributed by atoms with E-state index in [0.29, 0.717) is 18.7 Å². The largest absolute Gasteiger partial charge is 0.383 e. The van der Waals surface area contributed by atoms with Gasteiger partial charge in [-0.1, -0.05) is 0 Å². The van der Waals surface area contributed by atoms with Crippen molar-refractivity contribution in [2.75, 3.05) is 36.9 Å². The normalized spacial score (nSPS) is 10.3. The van der Waals surface area contributed by atoms with Gasteiger partial charge in [0, 0.05) is 43.6 Å². The summed E-state index contributed by atoms with van der Waals surface area (Å²) in [5.41, 5.74) is 3.58. The zero-order valence-electron chi connectivity index (χ0n) is 14.4. The lowest BCUT2D eigenvalue weighted by molar-refractivity contribution is 0.0955. The fourth-order valence-corrected chi connectivity index (χ4v) is 2.35. The molecule has 0 saturated heterocycles. The topological polar surface area (TPSA) is 44.4 Å². The van der Waals surface area contributed by atoms with Crippen LogP contribution in [0, 0.1) is 12.7 Å². The van der Waals surface area contributed by atoms with Crippen LogP contribution in [0.5, 0.6) is 0 Å². The number of aryl methyl sites for hydroxylation is 1. The molecule has 0 aromatic heterocycles. The van der Waals surface area contributed by atoms with E-state index in [1.54, 1.807) is 12.1 Å². The average Bonchev–Trinajstić information content (AvgIpc) is 2.58. The number of rotatable bonds is 7. The Bertz CT molecular complexity index is 686. The summed E-state index contributed by atoms with van der Waals surface area (Å²) in [5, 5.41) is 6.04. The highest BCUT2D eigenvalue weighted by Crippen LogP contribution is 2.17. The van der Waals surface area contributed by atoms with E-state index in [1.807, 2.05) is 26.1 Å². The summed E-state index contributed by atoms with van der Waals surface area (Å²) in [6, 6.07) is 12.0. The summed E-state index contributed by atoms with van der Waals surface area (Å²) in [6.45, 7) is 6.00. The van der Waals surface area contributed by atoms with Gasteiger partial charge in [0.2, 0.25) is 0 Å². The van der Waals surface area contributed by atoms with Crippen LogP contribution >= 0.6 is 0 Å². The Morgan fingerprint density at radius 3 is 2.50 bits per heavy atom. The second kappa shape index (κ2) is 8.34. The molecule has 5 heteroatoms. The van der Waals surface area contributed by atoms with Crippen LogP contribution in [-0.2, 0) is 0 Å². The highest BCUT2D eigenvalue weighted by Gasteiger charge is 2.09. The number of carbonyl (C=O) groups is 1. The van der Waals surface area contributed by atoms with Gasteiger partial charge in [0.15, 0.2) is 0 Å². The van der Waals surface area contributed by atoms with Crippen LogP contribution < -0.4 is 15.5 Å². The zero-order chi connectivity index (χ0) is 17.5. The number of hydrogen-bond acceptors (Lipinski definition) is 3. The Morgan fingerprint density at radius 1 is 1.12 bits per heavy atom. The summed E-state index contributed by atoms with van der Waals surface area (Å²) < 4.78 is 12.8. The summed E-state index contributed by atoms with van der Waals surface area (Å²) in [5.74, 6) is -0.355. The molecular weight excluding hydrogens is 305 g/mol. The van der Waals surface area contributed by atoms with Gasteiger partial charge in [-0.25, -0.2) is 4.39 Å². The molecule has 24 heavy (non-hydrogen) atoms. The van der Waals surface area contributed by atoms with Crippen molar-refractivity contribution < 1.29 is 9.18 Å². The van der Waals surface area contributed by atoms with Gasteiger partial charge in [0.1, 0.15) is 5.82 Å². The first-order chi connectivity index (χ1) is 11.5. The molecule has 2 rings (SSSR count). The Labute approximate surface area is 142 Å². The van der Waals surface area contributed by atoms with Gasteiger partial charge in [-0.3, -0.25) is 4.79 Å². The smallest absolute Gasteiger partial charge is 0.251 e. The molecule has 0 aliphatic carbocycles. The van der Waals surface area contributed by atoms with Gasteiger partial charge in [-0.2, -0.15) is 0 Å². The third-order valence-corrected chi connectivity index (χ3v) is 3.82. The molecule has 1 amide bonds.